The van der Waals surface area contributed by atoms with Gasteiger partial charge in [0.15, 0.2) is 0 Å². The Bertz CT molecular complexity index is 836. The highest BCUT2D eigenvalue weighted by molar-refractivity contribution is 5.82. The van der Waals surface area contributed by atoms with Crippen molar-refractivity contribution in [3.05, 3.63) is 72.9 Å². The Labute approximate surface area is 110 Å². The lowest BCUT2D eigenvalue weighted by Crippen LogP contribution is -2.31. The van der Waals surface area contributed by atoms with Crippen LogP contribution in [0.3, 0.4) is 0 Å². The van der Waals surface area contributed by atoms with Crippen molar-refractivity contribution < 1.29 is 4.57 Å². The van der Waals surface area contributed by atoms with Gasteiger partial charge in [-0.05, 0) is 24.3 Å². The molecule has 2 heteroatoms. The molecule has 0 aliphatic carbocycles. The second-order valence-corrected chi connectivity index (χ2v) is 4.68. The number of fused-ring (bicyclic) bond motifs is 2. The van der Waals surface area contributed by atoms with Gasteiger partial charge in [-0.15, -0.1) is 0 Å². The van der Waals surface area contributed by atoms with E-state index in [4.69, 9.17) is 0 Å². The summed E-state index contributed by atoms with van der Waals surface area (Å²) in [7, 11) is 0. The molecule has 2 aromatic carbocycles. The summed E-state index contributed by atoms with van der Waals surface area (Å²) in [6.07, 6.45) is 2.09. The van der Waals surface area contributed by atoms with Gasteiger partial charge < -0.3 is 0 Å². The molecule has 2 heterocycles. The third-order valence-corrected chi connectivity index (χ3v) is 3.48. The number of rotatable bonds is 1. The molecule has 90 valence electrons. The van der Waals surface area contributed by atoms with Crippen LogP contribution in [0.25, 0.3) is 27.6 Å². The van der Waals surface area contributed by atoms with Crippen LogP contribution < -0.4 is 4.57 Å². The largest absolute Gasteiger partial charge is 0.285 e. The van der Waals surface area contributed by atoms with E-state index >= 15 is 0 Å². The maximum Gasteiger partial charge on any atom is 0.285 e. The standard InChI is InChI=1S/C17H13N2/c1-3-9-15-14(7-1)12-17(18-15)19-11-5-8-13-6-2-4-10-16(13)19/h1-12,18H/q+1. The maximum absolute atomic E-state index is 3.47. The molecule has 0 saturated heterocycles. The molecule has 19 heavy (non-hydrogen) atoms. The van der Waals surface area contributed by atoms with E-state index in [1.807, 2.05) is 0 Å². The van der Waals surface area contributed by atoms with Crippen LogP contribution in [-0.4, -0.2) is 4.98 Å². The van der Waals surface area contributed by atoms with Crippen LogP contribution in [0, 0.1) is 0 Å². The van der Waals surface area contributed by atoms with Gasteiger partial charge in [-0.1, -0.05) is 36.4 Å². The van der Waals surface area contributed by atoms with Gasteiger partial charge >= 0.3 is 0 Å². The number of para-hydroxylation sites is 2. The van der Waals surface area contributed by atoms with Crippen LogP contribution in [0.1, 0.15) is 0 Å². The molecule has 0 radical (unpaired) electrons. The van der Waals surface area contributed by atoms with E-state index in [0.717, 1.165) is 11.3 Å². The minimum atomic E-state index is 1.10. The van der Waals surface area contributed by atoms with Gasteiger partial charge in [-0.25, -0.2) is 4.98 Å². The average molecular weight is 245 g/mol. The lowest BCUT2D eigenvalue weighted by Gasteiger charge is -2.00. The highest BCUT2D eigenvalue weighted by Crippen LogP contribution is 2.16. The summed E-state index contributed by atoms with van der Waals surface area (Å²) in [6, 6.07) is 23.1. The Morgan fingerprint density at radius 1 is 0.737 bits per heavy atom. The quantitative estimate of drug-likeness (QED) is 0.494. The SMILES string of the molecule is c1ccc2[nH]c(-[n+]3cccc4ccccc43)cc2c1. The molecule has 0 aliphatic rings. The summed E-state index contributed by atoms with van der Waals surface area (Å²) in [5.74, 6) is 1.10. The molecule has 0 atom stereocenters. The summed E-state index contributed by atoms with van der Waals surface area (Å²) >= 11 is 0. The van der Waals surface area contributed by atoms with Crippen LogP contribution in [0.15, 0.2) is 72.9 Å². The van der Waals surface area contributed by atoms with Crippen LogP contribution in [0.2, 0.25) is 0 Å². The molecule has 2 nitrogen and oxygen atoms in total. The van der Waals surface area contributed by atoms with E-state index in [9.17, 15) is 0 Å². The van der Waals surface area contributed by atoms with Crippen molar-refractivity contribution in [2.75, 3.05) is 0 Å². The van der Waals surface area contributed by atoms with Crippen molar-refractivity contribution in [2.24, 2.45) is 0 Å². The zero-order valence-electron chi connectivity index (χ0n) is 10.4. The first-order valence-corrected chi connectivity index (χ1v) is 6.39. The van der Waals surface area contributed by atoms with E-state index in [0.29, 0.717) is 0 Å². The van der Waals surface area contributed by atoms with Gasteiger partial charge in [0.2, 0.25) is 0 Å². The van der Waals surface area contributed by atoms with Gasteiger partial charge in [0.05, 0.1) is 6.20 Å². The molecule has 0 bridgehead atoms. The highest BCUT2D eigenvalue weighted by atomic mass is 15.0. The van der Waals surface area contributed by atoms with Crippen LogP contribution >= 0.6 is 0 Å². The number of hydrogen-bond donors (Lipinski definition) is 1. The highest BCUT2D eigenvalue weighted by Gasteiger charge is 2.12. The topological polar surface area (TPSA) is 19.7 Å². The summed E-state index contributed by atoms with van der Waals surface area (Å²) in [5, 5.41) is 2.47. The molecule has 0 aliphatic heterocycles. The fourth-order valence-corrected chi connectivity index (χ4v) is 2.56. The third kappa shape index (κ3) is 1.61. The Balaban J connectivity index is 2.03. The van der Waals surface area contributed by atoms with Crippen molar-refractivity contribution in [2.45, 2.75) is 0 Å². The van der Waals surface area contributed by atoms with Crippen LogP contribution in [0.4, 0.5) is 0 Å². The molecular weight excluding hydrogens is 232 g/mol. The predicted molar refractivity (Wildman–Crippen MR) is 77.3 cm³/mol. The first kappa shape index (κ1) is 10.3. The van der Waals surface area contributed by atoms with Crippen molar-refractivity contribution in [3.63, 3.8) is 0 Å². The van der Waals surface area contributed by atoms with E-state index < -0.39 is 0 Å². The molecule has 2 aromatic heterocycles. The second-order valence-electron chi connectivity index (χ2n) is 4.68. The molecule has 0 spiro atoms. The van der Waals surface area contributed by atoms with Crippen molar-refractivity contribution in [1.82, 2.24) is 4.98 Å². The van der Waals surface area contributed by atoms with E-state index in [2.05, 4.69) is 82.5 Å². The predicted octanol–water partition coefficient (Wildman–Crippen LogP) is 3.60. The van der Waals surface area contributed by atoms with Crippen molar-refractivity contribution in [1.29, 1.82) is 0 Å². The molecule has 4 aromatic rings. The van der Waals surface area contributed by atoms with Gasteiger partial charge in [0.1, 0.15) is 11.0 Å². The molecule has 0 unspecified atom stereocenters. The lowest BCUT2D eigenvalue weighted by atomic mass is 10.2. The van der Waals surface area contributed by atoms with Crippen LogP contribution in [-0.2, 0) is 0 Å². The van der Waals surface area contributed by atoms with E-state index in [1.54, 1.807) is 0 Å². The zero-order chi connectivity index (χ0) is 12.7. The minimum Gasteiger partial charge on any atom is -0.240 e. The normalized spacial score (nSPS) is 11.2. The minimum absolute atomic E-state index is 1.10. The third-order valence-electron chi connectivity index (χ3n) is 3.48. The first-order chi connectivity index (χ1) is 9.42. The molecule has 4 rings (SSSR count). The molecule has 1 N–H and O–H groups in total. The number of nitrogens with zero attached hydrogens (tertiary/aromatic N) is 1. The summed E-state index contributed by atoms with van der Waals surface area (Å²) in [5.41, 5.74) is 2.37. The fraction of sp³-hybridized carbons (Fsp3) is 0. The second kappa shape index (κ2) is 3.95. The number of benzene rings is 2. The number of aromatic amines is 1. The van der Waals surface area contributed by atoms with Crippen molar-refractivity contribution in [3.8, 4) is 5.82 Å². The van der Waals surface area contributed by atoms with Gasteiger partial charge in [-0.3, -0.25) is 0 Å². The maximum atomic E-state index is 3.47. The number of H-pyrrole nitrogens is 1. The van der Waals surface area contributed by atoms with Gasteiger partial charge in [-0.2, -0.15) is 4.57 Å². The summed E-state index contributed by atoms with van der Waals surface area (Å²) in [4.78, 5) is 3.47. The fourth-order valence-electron chi connectivity index (χ4n) is 2.56. The first-order valence-electron chi connectivity index (χ1n) is 6.39. The van der Waals surface area contributed by atoms with Crippen LogP contribution in [0.5, 0.6) is 0 Å². The number of nitrogens with one attached hydrogen (secondary N) is 1. The number of hydrogen-bond acceptors (Lipinski definition) is 0. The Morgan fingerprint density at radius 2 is 1.47 bits per heavy atom. The Hall–Kier alpha value is -2.61. The zero-order valence-corrected chi connectivity index (χ0v) is 10.4. The summed E-state index contributed by atoms with van der Waals surface area (Å²) in [6.45, 7) is 0. The monoisotopic (exact) mass is 245 g/mol. The number of aromatic nitrogens is 2. The number of pyridine rings is 1. The molecule has 0 fully saturated rings. The van der Waals surface area contributed by atoms with E-state index in [-0.39, 0.29) is 0 Å². The molecule has 0 saturated carbocycles. The van der Waals surface area contributed by atoms with Crippen molar-refractivity contribution >= 4 is 21.8 Å². The Morgan fingerprint density at radius 3 is 2.37 bits per heavy atom. The molecule has 0 amide bonds. The summed E-state index contributed by atoms with van der Waals surface area (Å²) < 4.78 is 2.19. The van der Waals surface area contributed by atoms with Gasteiger partial charge in [0.25, 0.3) is 5.82 Å². The average Bonchev–Trinajstić information content (AvgIpc) is 2.90. The lowest BCUT2D eigenvalue weighted by molar-refractivity contribution is -0.570. The molecular formula is C17H13N2+. The Kier molecular flexibility index (Phi) is 2.15. The van der Waals surface area contributed by atoms with Gasteiger partial charge in [0, 0.05) is 16.8 Å². The van der Waals surface area contributed by atoms with E-state index in [1.165, 1.54) is 16.3 Å². The smallest absolute Gasteiger partial charge is 0.240 e.